The lowest BCUT2D eigenvalue weighted by Gasteiger charge is -2.28. The molecule has 1 atom stereocenters. The highest BCUT2D eigenvalue weighted by atomic mass is 16.3. The topological polar surface area (TPSA) is 87.1 Å². The van der Waals surface area contributed by atoms with E-state index in [1.165, 1.54) is 10.9 Å². The SMILES string of the molecule is O=C(CC[C@@]1(Cc2ccco2)CCC(=O)N1)NCCc1c[nH]c2ccccc12. The first kappa shape index (κ1) is 18.3. The number of hydrogen-bond donors (Lipinski definition) is 3. The summed E-state index contributed by atoms with van der Waals surface area (Å²) in [4.78, 5) is 27.4. The summed E-state index contributed by atoms with van der Waals surface area (Å²) in [6.07, 6.45) is 7.27. The van der Waals surface area contributed by atoms with Gasteiger partial charge in [-0.05, 0) is 43.0 Å². The van der Waals surface area contributed by atoms with Gasteiger partial charge in [0.1, 0.15) is 5.76 Å². The molecule has 0 aliphatic carbocycles. The first-order valence-electron chi connectivity index (χ1n) is 9.79. The number of fused-ring (bicyclic) bond motifs is 1. The van der Waals surface area contributed by atoms with E-state index < -0.39 is 0 Å². The van der Waals surface area contributed by atoms with E-state index in [2.05, 4.69) is 21.7 Å². The Labute approximate surface area is 163 Å². The van der Waals surface area contributed by atoms with E-state index in [0.717, 1.165) is 24.1 Å². The van der Waals surface area contributed by atoms with Crippen molar-refractivity contribution in [1.29, 1.82) is 0 Å². The quantitative estimate of drug-likeness (QED) is 0.562. The molecule has 0 bridgehead atoms. The Morgan fingerprint density at radius 2 is 2.11 bits per heavy atom. The van der Waals surface area contributed by atoms with Crippen LogP contribution in [0, 0.1) is 0 Å². The highest BCUT2D eigenvalue weighted by molar-refractivity contribution is 5.83. The number of furan rings is 1. The number of carbonyl (C=O) groups excluding carboxylic acids is 2. The van der Waals surface area contributed by atoms with E-state index in [0.29, 0.717) is 32.2 Å². The van der Waals surface area contributed by atoms with E-state index in [-0.39, 0.29) is 17.4 Å². The van der Waals surface area contributed by atoms with Crippen LogP contribution in [0.3, 0.4) is 0 Å². The summed E-state index contributed by atoms with van der Waals surface area (Å²) in [7, 11) is 0. The first-order chi connectivity index (χ1) is 13.6. The van der Waals surface area contributed by atoms with Crippen LogP contribution in [0.2, 0.25) is 0 Å². The van der Waals surface area contributed by atoms with Crippen LogP contribution < -0.4 is 10.6 Å². The zero-order chi connectivity index (χ0) is 19.4. The van der Waals surface area contributed by atoms with Crippen molar-refractivity contribution in [2.45, 2.75) is 44.1 Å². The molecule has 1 aliphatic heterocycles. The van der Waals surface area contributed by atoms with Crippen molar-refractivity contribution in [2.24, 2.45) is 0 Å². The molecule has 0 unspecified atom stereocenters. The maximum absolute atomic E-state index is 12.4. The minimum atomic E-state index is -0.386. The number of para-hydroxylation sites is 1. The summed E-state index contributed by atoms with van der Waals surface area (Å²) in [5.41, 5.74) is 1.93. The van der Waals surface area contributed by atoms with Crippen molar-refractivity contribution >= 4 is 22.7 Å². The first-order valence-corrected chi connectivity index (χ1v) is 9.79. The molecule has 6 nitrogen and oxygen atoms in total. The van der Waals surface area contributed by atoms with Gasteiger partial charge in [0.05, 0.1) is 6.26 Å². The van der Waals surface area contributed by atoms with Crippen LogP contribution in [0.15, 0.2) is 53.3 Å². The summed E-state index contributed by atoms with van der Waals surface area (Å²) in [5.74, 6) is 0.896. The zero-order valence-electron chi connectivity index (χ0n) is 15.8. The van der Waals surface area contributed by atoms with Crippen molar-refractivity contribution in [1.82, 2.24) is 15.6 Å². The van der Waals surface area contributed by atoms with E-state index in [1.807, 2.05) is 36.5 Å². The Kier molecular flexibility index (Phi) is 5.19. The molecule has 0 saturated carbocycles. The van der Waals surface area contributed by atoms with Crippen molar-refractivity contribution in [3.63, 3.8) is 0 Å². The third-order valence-electron chi connectivity index (χ3n) is 5.55. The van der Waals surface area contributed by atoms with Gasteiger partial charge in [-0.25, -0.2) is 0 Å². The number of rotatable bonds is 8. The molecule has 1 aromatic carbocycles. The molecule has 2 amide bonds. The van der Waals surface area contributed by atoms with Gasteiger partial charge in [-0.3, -0.25) is 9.59 Å². The van der Waals surface area contributed by atoms with Gasteiger partial charge in [-0.2, -0.15) is 0 Å². The number of amides is 2. The minimum absolute atomic E-state index is 0.0137. The Morgan fingerprint density at radius 3 is 2.89 bits per heavy atom. The molecule has 1 aliphatic rings. The summed E-state index contributed by atoms with van der Waals surface area (Å²) in [6.45, 7) is 0.595. The van der Waals surface area contributed by atoms with E-state index in [4.69, 9.17) is 4.42 Å². The van der Waals surface area contributed by atoms with Crippen LogP contribution >= 0.6 is 0 Å². The van der Waals surface area contributed by atoms with Gasteiger partial charge >= 0.3 is 0 Å². The third-order valence-corrected chi connectivity index (χ3v) is 5.55. The Bertz CT molecular complexity index is 960. The fraction of sp³-hybridized carbons (Fsp3) is 0.364. The number of nitrogens with one attached hydrogen (secondary N) is 3. The third kappa shape index (κ3) is 4.11. The van der Waals surface area contributed by atoms with Gasteiger partial charge in [0.15, 0.2) is 0 Å². The van der Waals surface area contributed by atoms with Crippen LogP contribution in [0.5, 0.6) is 0 Å². The molecule has 0 spiro atoms. The molecule has 0 radical (unpaired) electrons. The molecule has 1 fully saturated rings. The highest BCUT2D eigenvalue weighted by Crippen LogP contribution is 2.29. The van der Waals surface area contributed by atoms with Crippen molar-refractivity contribution < 1.29 is 14.0 Å². The van der Waals surface area contributed by atoms with Crippen LogP contribution in [0.1, 0.15) is 37.0 Å². The monoisotopic (exact) mass is 379 g/mol. The summed E-state index contributed by atoms with van der Waals surface area (Å²) >= 11 is 0. The standard InChI is InChI=1S/C22H25N3O3/c26-20(23-12-9-16-15-24-19-6-2-1-5-18(16)19)7-10-22(11-8-21(27)25-22)14-17-4-3-13-28-17/h1-6,13,15,24H,7-12,14H2,(H,23,26)(H,25,27)/t22-/m0/s1. The number of hydrogen-bond acceptors (Lipinski definition) is 3. The molecule has 28 heavy (non-hydrogen) atoms. The second kappa shape index (κ2) is 7.92. The van der Waals surface area contributed by atoms with E-state index in [1.54, 1.807) is 6.26 Å². The number of H-pyrrole nitrogens is 1. The van der Waals surface area contributed by atoms with Crippen LogP contribution in [0.4, 0.5) is 0 Å². The van der Waals surface area contributed by atoms with Gasteiger partial charge < -0.3 is 20.0 Å². The predicted octanol–water partition coefficient (Wildman–Crippen LogP) is 3.09. The average Bonchev–Trinajstić information content (AvgIpc) is 3.42. The Balaban J connectivity index is 1.28. The smallest absolute Gasteiger partial charge is 0.220 e. The molecule has 146 valence electrons. The summed E-state index contributed by atoms with van der Waals surface area (Å²) in [5, 5.41) is 7.28. The van der Waals surface area contributed by atoms with Gasteiger partial charge in [0.2, 0.25) is 11.8 Å². The number of benzene rings is 1. The number of aromatic amines is 1. The lowest BCUT2D eigenvalue weighted by atomic mass is 9.87. The largest absolute Gasteiger partial charge is 0.469 e. The van der Waals surface area contributed by atoms with Crippen molar-refractivity contribution in [3.05, 3.63) is 60.2 Å². The molecule has 3 N–H and O–H groups in total. The fourth-order valence-electron chi connectivity index (χ4n) is 4.04. The zero-order valence-corrected chi connectivity index (χ0v) is 15.8. The minimum Gasteiger partial charge on any atom is -0.469 e. The maximum Gasteiger partial charge on any atom is 0.220 e. The Morgan fingerprint density at radius 1 is 1.21 bits per heavy atom. The molecule has 2 aromatic heterocycles. The fourth-order valence-corrected chi connectivity index (χ4v) is 4.04. The second-order valence-corrected chi connectivity index (χ2v) is 7.54. The van der Waals surface area contributed by atoms with Crippen molar-refractivity contribution in [3.8, 4) is 0 Å². The van der Waals surface area contributed by atoms with E-state index in [9.17, 15) is 9.59 Å². The summed E-state index contributed by atoms with van der Waals surface area (Å²) in [6, 6.07) is 11.9. The average molecular weight is 379 g/mol. The molecule has 4 rings (SSSR count). The van der Waals surface area contributed by atoms with Crippen LogP contribution in [-0.2, 0) is 22.4 Å². The maximum atomic E-state index is 12.4. The van der Waals surface area contributed by atoms with E-state index >= 15 is 0 Å². The molecule has 3 heterocycles. The van der Waals surface area contributed by atoms with Crippen molar-refractivity contribution in [2.75, 3.05) is 6.54 Å². The summed E-state index contributed by atoms with van der Waals surface area (Å²) < 4.78 is 5.45. The highest BCUT2D eigenvalue weighted by Gasteiger charge is 2.38. The van der Waals surface area contributed by atoms with Gasteiger partial charge in [0.25, 0.3) is 0 Å². The lowest BCUT2D eigenvalue weighted by molar-refractivity contribution is -0.122. The van der Waals surface area contributed by atoms with Gasteiger partial charge in [-0.1, -0.05) is 18.2 Å². The second-order valence-electron chi connectivity index (χ2n) is 7.54. The van der Waals surface area contributed by atoms with Crippen LogP contribution in [0.25, 0.3) is 10.9 Å². The Hall–Kier alpha value is -3.02. The molecule has 1 saturated heterocycles. The lowest BCUT2D eigenvalue weighted by Crippen LogP contribution is -2.44. The molecule has 3 aromatic rings. The predicted molar refractivity (Wildman–Crippen MR) is 107 cm³/mol. The van der Waals surface area contributed by atoms with Crippen LogP contribution in [-0.4, -0.2) is 28.9 Å². The number of aromatic nitrogens is 1. The normalized spacial score (nSPS) is 19.1. The molecular weight excluding hydrogens is 354 g/mol. The van der Waals surface area contributed by atoms with Gasteiger partial charge in [-0.15, -0.1) is 0 Å². The number of carbonyl (C=O) groups is 2. The molecule has 6 heteroatoms. The van der Waals surface area contributed by atoms with Gasteiger partial charge in [0, 0.05) is 48.4 Å². The molecular formula is C22H25N3O3.